The third kappa shape index (κ3) is 5.28. The number of nitrogens with one attached hydrogen (secondary N) is 3. The largest absolute Gasteiger partial charge is 0.325 e. The summed E-state index contributed by atoms with van der Waals surface area (Å²) >= 11 is 11.8. The van der Waals surface area contributed by atoms with Gasteiger partial charge in [-0.3, -0.25) is 14.9 Å². The maximum absolute atomic E-state index is 12.8. The zero-order chi connectivity index (χ0) is 20.1. The van der Waals surface area contributed by atoms with E-state index >= 15 is 0 Å². The Hall–Kier alpha value is -2.97. The minimum absolute atomic E-state index is 0.116. The van der Waals surface area contributed by atoms with Gasteiger partial charge >= 0.3 is 0 Å². The summed E-state index contributed by atoms with van der Waals surface area (Å²) in [6.45, 7) is 0. The van der Waals surface area contributed by atoms with Crippen LogP contribution in [0, 0.1) is 5.82 Å². The van der Waals surface area contributed by atoms with Crippen molar-refractivity contribution in [1.82, 2.24) is 10.7 Å². The molecule has 0 saturated carbocycles. The molecule has 144 valence electrons. The van der Waals surface area contributed by atoms with Gasteiger partial charge in [0.2, 0.25) is 11.9 Å². The van der Waals surface area contributed by atoms with Crippen molar-refractivity contribution in [3.63, 3.8) is 0 Å². The Bertz CT molecular complexity index is 963. The summed E-state index contributed by atoms with van der Waals surface area (Å²) < 4.78 is 12.8. The number of halogens is 3. The second-order valence-corrected chi connectivity index (χ2v) is 6.62. The van der Waals surface area contributed by atoms with E-state index in [-0.39, 0.29) is 23.2 Å². The average Bonchev–Trinajstić information content (AvgIpc) is 2.98. The fourth-order valence-electron chi connectivity index (χ4n) is 2.33. The third-order valence-electron chi connectivity index (χ3n) is 3.67. The quantitative estimate of drug-likeness (QED) is 0.511. The van der Waals surface area contributed by atoms with Gasteiger partial charge in [-0.05, 0) is 35.9 Å². The number of aliphatic imine (C=N–C) groups is 1. The van der Waals surface area contributed by atoms with E-state index in [1.165, 1.54) is 24.4 Å². The second-order valence-electron chi connectivity index (χ2n) is 5.78. The molecule has 0 aliphatic carbocycles. The van der Waals surface area contributed by atoms with Crippen molar-refractivity contribution < 1.29 is 14.0 Å². The number of benzene rings is 2. The van der Waals surface area contributed by atoms with Crippen LogP contribution in [0.5, 0.6) is 0 Å². The Morgan fingerprint density at radius 1 is 1.25 bits per heavy atom. The van der Waals surface area contributed by atoms with E-state index in [0.29, 0.717) is 16.3 Å². The van der Waals surface area contributed by atoms with Crippen LogP contribution in [-0.4, -0.2) is 30.0 Å². The zero-order valence-electron chi connectivity index (χ0n) is 14.2. The molecule has 1 heterocycles. The first-order valence-electron chi connectivity index (χ1n) is 8.09. The van der Waals surface area contributed by atoms with Gasteiger partial charge in [0, 0.05) is 5.02 Å². The first-order chi connectivity index (χ1) is 13.4. The van der Waals surface area contributed by atoms with Gasteiger partial charge in [0.25, 0.3) is 5.91 Å². The van der Waals surface area contributed by atoms with Crippen LogP contribution in [-0.2, 0) is 9.59 Å². The van der Waals surface area contributed by atoms with Crippen LogP contribution >= 0.6 is 23.2 Å². The lowest BCUT2D eigenvalue weighted by Gasteiger charge is -2.08. The van der Waals surface area contributed by atoms with Crippen molar-refractivity contribution >= 4 is 52.9 Å². The number of carbonyl (C=O) groups excluding carboxylic acids is 2. The highest BCUT2D eigenvalue weighted by Crippen LogP contribution is 2.25. The van der Waals surface area contributed by atoms with E-state index in [0.717, 1.165) is 0 Å². The SMILES string of the molecule is O=C(CC1N=C(N/N=C/c2ccc(F)cc2)NC1=O)Nc1ccc(Cl)cc1Cl. The van der Waals surface area contributed by atoms with Crippen LogP contribution in [0.3, 0.4) is 0 Å². The van der Waals surface area contributed by atoms with E-state index in [9.17, 15) is 14.0 Å². The minimum atomic E-state index is -0.894. The van der Waals surface area contributed by atoms with Crippen LogP contribution in [0.4, 0.5) is 10.1 Å². The summed E-state index contributed by atoms with van der Waals surface area (Å²) in [4.78, 5) is 28.2. The van der Waals surface area contributed by atoms with Crippen molar-refractivity contribution in [3.8, 4) is 0 Å². The van der Waals surface area contributed by atoms with E-state index in [1.54, 1.807) is 24.3 Å². The average molecular weight is 422 g/mol. The number of amides is 2. The fraction of sp³-hybridized carbons (Fsp3) is 0.111. The Labute approximate surface area is 169 Å². The first-order valence-corrected chi connectivity index (χ1v) is 8.84. The van der Waals surface area contributed by atoms with E-state index in [4.69, 9.17) is 23.2 Å². The smallest absolute Gasteiger partial charge is 0.252 e. The number of hydrogen-bond acceptors (Lipinski definition) is 5. The van der Waals surface area contributed by atoms with Gasteiger partial charge in [-0.25, -0.2) is 14.8 Å². The Balaban J connectivity index is 1.55. The number of nitrogens with zero attached hydrogens (tertiary/aromatic N) is 2. The van der Waals surface area contributed by atoms with Gasteiger partial charge < -0.3 is 5.32 Å². The summed E-state index contributed by atoms with van der Waals surface area (Å²) in [6, 6.07) is 9.46. The van der Waals surface area contributed by atoms with E-state index < -0.39 is 17.9 Å². The predicted molar refractivity (Wildman–Crippen MR) is 106 cm³/mol. The maximum atomic E-state index is 12.8. The van der Waals surface area contributed by atoms with Gasteiger partial charge in [0.1, 0.15) is 11.9 Å². The molecule has 10 heteroatoms. The summed E-state index contributed by atoms with van der Waals surface area (Å²) in [5.41, 5.74) is 3.62. The van der Waals surface area contributed by atoms with Gasteiger partial charge in [-0.15, -0.1) is 0 Å². The van der Waals surface area contributed by atoms with Crippen molar-refractivity contribution in [1.29, 1.82) is 0 Å². The van der Waals surface area contributed by atoms with E-state index in [2.05, 4.69) is 26.2 Å². The number of carbonyl (C=O) groups is 2. The van der Waals surface area contributed by atoms with Gasteiger partial charge in [0.05, 0.1) is 23.3 Å². The molecule has 0 radical (unpaired) electrons. The summed E-state index contributed by atoms with van der Waals surface area (Å²) in [5.74, 6) is -1.09. The second kappa shape index (κ2) is 8.81. The van der Waals surface area contributed by atoms with Crippen LogP contribution in [0.15, 0.2) is 52.6 Å². The molecule has 0 saturated heterocycles. The molecule has 0 spiro atoms. The van der Waals surface area contributed by atoms with Crippen LogP contribution in [0.2, 0.25) is 10.0 Å². The van der Waals surface area contributed by atoms with Gasteiger partial charge in [0.15, 0.2) is 0 Å². The highest BCUT2D eigenvalue weighted by Gasteiger charge is 2.28. The van der Waals surface area contributed by atoms with Crippen molar-refractivity contribution in [2.75, 3.05) is 5.32 Å². The first kappa shape index (κ1) is 19.8. The molecule has 1 atom stereocenters. The molecular formula is C18H14Cl2FN5O2. The highest BCUT2D eigenvalue weighted by atomic mass is 35.5. The number of anilines is 1. The number of hydrogen-bond donors (Lipinski definition) is 3. The Morgan fingerprint density at radius 3 is 2.71 bits per heavy atom. The lowest BCUT2D eigenvalue weighted by atomic mass is 10.2. The summed E-state index contributed by atoms with van der Waals surface area (Å²) in [7, 11) is 0. The molecule has 2 aromatic carbocycles. The molecular weight excluding hydrogens is 408 g/mol. The zero-order valence-corrected chi connectivity index (χ0v) is 15.8. The highest BCUT2D eigenvalue weighted by molar-refractivity contribution is 6.36. The molecule has 3 rings (SSSR count). The molecule has 28 heavy (non-hydrogen) atoms. The molecule has 3 N–H and O–H groups in total. The molecule has 7 nitrogen and oxygen atoms in total. The summed E-state index contributed by atoms with van der Waals surface area (Å²) in [6.07, 6.45) is 1.27. The standard InChI is InChI=1S/C18H14Cl2FN5O2/c19-11-3-6-14(13(20)7-11)23-16(27)8-15-17(28)25-18(24-15)26-22-9-10-1-4-12(21)5-2-10/h1-7,9,15H,8H2,(H,23,27)(H2,24,25,26,28)/b22-9+. The molecule has 0 fully saturated rings. The number of rotatable bonds is 5. The predicted octanol–water partition coefficient (Wildman–Crippen LogP) is 2.94. The topological polar surface area (TPSA) is 94.9 Å². The van der Waals surface area contributed by atoms with Crippen LogP contribution < -0.4 is 16.1 Å². The summed E-state index contributed by atoms with van der Waals surface area (Å²) in [5, 5.41) is 9.75. The van der Waals surface area contributed by atoms with E-state index in [1.807, 2.05) is 0 Å². The van der Waals surface area contributed by atoms with Crippen molar-refractivity contribution in [3.05, 3.63) is 63.9 Å². The van der Waals surface area contributed by atoms with Crippen molar-refractivity contribution in [2.24, 2.45) is 10.1 Å². The third-order valence-corrected chi connectivity index (χ3v) is 4.22. The molecule has 1 aliphatic heterocycles. The normalized spacial score (nSPS) is 16.0. The molecule has 1 unspecified atom stereocenters. The monoisotopic (exact) mass is 421 g/mol. The molecule has 2 aromatic rings. The number of guanidine groups is 1. The molecule has 0 aromatic heterocycles. The lowest BCUT2D eigenvalue weighted by Crippen LogP contribution is -2.35. The molecule has 2 amide bonds. The molecule has 0 bridgehead atoms. The van der Waals surface area contributed by atoms with Crippen LogP contribution in [0.25, 0.3) is 0 Å². The maximum Gasteiger partial charge on any atom is 0.252 e. The fourth-order valence-corrected chi connectivity index (χ4v) is 2.78. The Kier molecular flexibility index (Phi) is 6.23. The lowest BCUT2D eigenvalue weighted by molar-refractivity contribution is -0.123. The van der Waals surface area contributed by atoms with Gasteiger partial charge in [-0.1, -0.05) is 35.3 Å². The minimum Gasteiger partial charge on any atom is -0.325 e. The van der Waals surface area contributed by atoms with Crippen molar-refractivity contribution in [2.45, 2.75) is 12.5 Å². The Morgan fingerprint density at radius 2 is 2.00 bits per heavy atom. The molecule has 1 aliphatic rings. The van der Waals surface area contributed by atoms with Gasteiger partial charge in [-0.2, -0.15) is 5.10 Å². The number of hydrazone groups is 1. The van der Waals surface area contributed by atoms with Crippen LogP contribution in [0.1, 0.15) is 12.0 Å².